The minimum Gasteiger partial charge on any atom is -0.486 e. The maximum atomic E-state index is 14.1. The summed E-state index contributed by atoms with van der Waals surface area (Å²) >= 11 is 0. The molecule has 3 aliphatic rings. The largest absolute Gasteiger partial charge is 0.486 e. The average molecular weight is 539 g/mol. The molecule has 2 unspecified atom stereocenters. The normalized spacial score (nSPS) is 27.8. The minimum absolute atomic E-state index is 0.123. The van der Waals surface area contributed by atoms with Gasteiger partial charge in [-0.1, -0.05) is 51.1 Å². The molecule has 0 bridgehead atoms. The molecule has 1 aliphatic heterocycles. The highest BCUT2D eigenvalue weighted by Crippen LogP contribution is 2.54. The molecule has 38 heavy (non-hydrogen) atoms. The first-order chi connectivity index (χ1) is 17.9. The molecule has 2 aliphatic carbocycles. The van der Waals surface area contributed by atoms with Crippen molar-refractivity contribution >= 4 is 20.1 Å². The summed E-state index contributed by atoms with van der Waals surface area (Å²) < 4.78 is 26.7. The third kappa shape index (κ3) is 4.77. The van der Waals surface area contributed by atoms with Crippen LogP contribution in [0.4, 0.5) is 4.39 Å². The number of benzene rings is 2. The lowest BCUT2D eigenvalue weighted by Crippen LogP contribution is -2.44. The molecule has 1 heterocycles. The second-order valence-corrected chi connectivity index (χ2v) is 17.3. The van der Waals surface area contributed by atoms with E-state index in [1.54, 1.807) is 12.1 Å². The number of carbonyl (C=O) groups excluding carboxylic acids is 2. The Morgan fingerprint density at radius 3 is 2.32 bits per heavy atom. The fraction of sp³-hybridized carbons (Fsp3) is 0.533. The van der Waals surface area contributed by atoms with Gasteiger partial charge >= 0.3 is 0 Å². The van der Waals surface area contributed by atoms with Crippen molar-refractivity contribution in [1.29, 1.82) is 0 Å². The van der Waals surface area contributed by atoms with E-state index in [0.717, 1.165) is 18.4 Å². The Bertz CT molecular complexity index is 1220. The third-order valence-electron chi connectivity index (χ3n) is 9.11. The maximum absolute atomic E-state index is 14.1. The first-order valence-corrected chi connectivity index (χ1v) is 16.5. The Kier molecular flexibility index (Phi) is 6.93. The molecular formula is C30H39FN2O4Si. The van der Waals surface area contributed by atoms with Gasteiger partial charge in [-0.2, -0.15) is 0 Å². The van der Waals surface area contributed by atoms with Crippen LogP contribution in [0, 0.1) is 11.8 Å². The van der Waals surface area contributed by atoms with Gasteiger partial charge in [-0.15, -0.1) is 0 Å². The van der Waals surface area contributed by atoms with Crippen molar-refractivity contribution in [2.45, 2.75) is 75.9 Å². The fourth-order valence-electron chi connectivity index (χ4n) is 5.97. The van der Waals surface area contributed by atoms with E-state index in [-0.39, 0.29) is 34.6 Å². The van der Waals surface area contributed by atoms with Gasteiger partial charge < -0.3 is 19.8 Å². The molecule has 2 aromatic rings. The Labute approximate surface area is 225 Å². The molecule has 2 amide bonds. The molecule has 2 aromatic carbocycles. The molecular weight excluding hydrogens is 499 g/mol. The van der Waals surface area contributed by atoms with Gasteiger partial charge in [0.25, 0.3) is 11.8 Å². The molecule has 2 N–H and O–H groups in total. The van der Waals surface area contributed by atoms with Crippen molar-refractivity contribution < 1.29 is 23.1 Å². The molecule has 0 aromatic heterocycles. The number of halogens is 1. The van der Waals surface area contributed by atoms with Crippen molar-refractivity contribution in [2.24, 2.45) is 11.8 Å². The van der Waals surface area contributed by atoms with Gasteiger partial charge in [-0.25, -0.2) is 4.39 Å². The molecule has 6 atom stereocenters. The summed E-state index contributed by atoms with van der Waals surface area (Å²) in [6, 6.07) is 13.0. The summed E-state index contributed by atoms with van der Waals surface area (Å²) in [6.45, 7) is 10.6. The zero-order valence-corrected chi connectivity index (χ0v) is 24.1. The van der Waals surface area contributed by atoms with Crippen LogP contribution >= 0.6 is 0 Å². The van der Waals surface area contributed by atoms with E-state index < -0.39 is 27.0 Å². The summed E-state index contributed by atoms with van der Waals surface area (Å²) in [5, 5.41) is 6.01. The van der Waals surface area contributed by atoms with E-state index in [1.165, 1.54) is 7.05 Å². The number of nitrogens with one attached hydrogen (secondary N) is 2. The van der Waals surface area contributed by atoms with Crippen LogP contribution in [0.15, 0.2) is 42.5 Å². The average Bonchev–Trinajstić information content (AvgIpc) is 3.20. The van der Waals surface area contributed by atoms with Gasteiger partial charge in [-0.3, -0.25) is 9.59 Å². The number of alkyl halides is 1. The molecule has 0 spiro atoms. The van der Waals surface area contributed by atoms with Crippen LogP contribution < -0.4 is 15.4 Å². The molecule has 2 fully saturated rings. The number of hydrogen-bond donors (Lipinski definition) is 2. The summed E-state index contributed by atoms with van der Waals surface area (Å²) in [6.07, 6.45) is 1.45. The first-order valence-electron chi connectivity index (χ1n) is 13.6. The van der Waals surface area contributed by atoms with Crippen molar-refractivity contribution in [1.82, 2.24) is 10.6 Å². The minimum atomic E-state index is -1.82. The predicted octanol–water partition coefficient (Wildman–Crippen LogP) is 5.44. The van der Waals surface area contributed by atoms with Crippen LogP contribution in [0.25, 0.3) is 0 Å². The molecule has 8 heteroatoms. The first kappa shape index (κ1) is 26.9. The van der Waals surface area contributed by atoms with E-state index in [1.807, 2.05) is 30.3 Å². The highest BCUT2D eigenvalue weighted by atomic mass is 28.4. The number of fused-ring (bicyclic) bond motifs is 2. The second-order valence-electron chi connectivity index (χ2n) is 12.5. The van der Waals surface area contributed by atoms with Crippen LogP contribution in [-0.2, 0) is 4.43 Å². The lowest BCUT2D eigenvalue weighted by atomic mass is 9.86. The number of ether oxygens (including phenoxy) is 1. The van der Waals surface area contributed by atoms with Gasteiger partial charge in [0, 0.05) is 30.3 Å². The number of amides is 2. The van der Waals surface area contributed by atoms with Crippen LogP contribution in [0.5, 0.6) is 5.75 Å². The van der Waals surface area contributed by atoms with E-state index >= 15 is 0 Å². The van der Waals surface area contributed by atoms with Gasteiger partial charge in [0.05, 0.1) is 11.5 Å². The Morgan fingerprint density at radius 2 is 1.74 bits per heavy atom. The SMILES string of the molecule is CNC(=O)c1cc(C(=O)NC2[C@H]3CC(O[Si](C)(C)C(C)(C)C)C[C@@H]23)cc2c1O[C@H](CF)[C@H]2c1ccccc1. The van der Waals surface area contributed by atoms with Gasteiger partial charge in [-0.05, 0) is 60.5 Å². The molecule has 0 radical (unpaired) electrons. The van der Waals surface area contributed by atoms with Gasteiger partial charge in [0.15, 0.2) is 8.32 Å². The van der Waals surface area contributed by atoms with Crippen LogP contribution in [0.2, 0.25) is 18.1 Å². The number of carbonyl (C=O) groups is 2. The molecule has 2 saturated carbocycles. The Balaban J connectivity index is 1.34. The highest BCUT2D eigenvalue weighted by molar-refractivity contribution is 6.74. The molecule has 204 valence electrons. The number of rotatable bonds is 7. The lowest BCUT2D eigenvalue weighted by molar-refractivity contribution is 0.0938. The lowest BCUT2D eigenvalue weighted by Gasteiger charge is -2.39. The summed E-state index contributed by atoms with van der Waals surface area (Å²) in [5.74, 6) is 0.230. The summed E-state index contributed by atoms with van der Waals surface area (Å²) in [7, 11) is -0.291. The standard InChI is InChI=1S/C30H39FN2O4Si/c1-30(2,3)38(5,6)37-19-14-20-21(15-19)26(20)33-28(34)18-12-22-25(17-10-8-7-9-11-17)24(16-31)36-27(22)23(13-18)29(35)32-4/h7-13,19-21,24-26H,14-16H2,1-6H3,(H,32,35)(H,33,34)/t19?,20-,21+,24-,25+,26?/m1/s1. The topological polar surface area (TPSA) is 76.7 Å². The molecule has 6 nitrogen and oxygen atoms in total. The van der Waals surface area contributed by atoms with Crippen molar-refractivity contribution in [2.75, 3.05) is 13.7 Å². The van der Waals surface area contributed by atoms with E-state index in [2.05, 4.69) is 44.5 Å². The van der Waals surface area contributed by atoms with Crippen LogP contribution in [0.1, 0.15) is 71.4 Å². The van der Waals surface area contributed by atoms with E-state index in [0.29, 0.717) is 28.7 Å². The van der Waals surface area contributed by atoms with Gasteiger partial charge in [0.2, 0.25) is 0 Å². The molecule has 5 rings (SSSR count). The monoisotopic (exact) mass is 538 g/mol. The van der Waals surface area contributed by atoms with Crippen molar-refractivity contribution in [3.05, 3.63) is 64.7 Å². The fourth-order valence-corrected chi connectivity index (χ4v) is 7.35. The predicted molar refractivity (Wildman–Crippen MR) is 148 cm³/mol. The number of hydrogen-bond acceptors (Lipinski definition) is 4. The van der Waals surface area contributed by atoms with Crippen LogP contribution in [-0.4, -0.2) is 52.1 Å². The Morgan fingerprint density at radius 1 is 1.08 bits per heavy atom. The zero-order valence-electron chi connectivity index (χ0n) is 23.1. The van der Waals surface area contributed by atoms with E-state index in [9.17, 15) is 14.0 Å². The Hall–Kier alpha value is -2.71. The summed E-state index contributed by atoms with van der Waals surface area (Å²) in [5.41, 5.74) is 2.21. The quantitative estimate of drug-likeness (QED) is 0.461. The third-order valence-corrected chi connectivity index (χ3v) is 13.6. The molecule has 0 saturated heterocycles. The maximum Gasteiger partial charge on any atom is 0.254 e. The van der Waals surface area contributed by atoms with E-state index in [4.69, 9.17) is 9.16 Å². The zero-order chi connectivity index (χ0) is 27.4. The van der Waals surface area contributed by atoms with Crippen LogP contribution in [0.3, 0.4) is 0 Å². The summed E-state index contributed by atoms with van der Waals surface area (Å²) in [4.78, 5) is 26.2. The van der Waals surface area contributed by atoms with Crippen molar-refractivity contribution in [3.63, 3.8) is 0 Å². The van der Waals surface area contributed by atoms with Gasteiger partial charge in [0.1, 0.15) is 18.5 Å². The highest BCUT2D eigenvalue weighted by Gasteiger charge is 2.58. The van der Waals surface area contributed by atoms with Crippen molar-refractivity contribution in [3.8, 4) is 5.75 Å². The smallest absolute Gasteiger partial charge is 0.254 e. The second kappa shape index (κ2) is 9.79.